The van der Waals surface area contributed by atoms with Crippen molar-refractivity contribution in [2.45, 2.75) is 25.3 Å². The molecular formula is C18H21N3O3. The number of fused-ring (bicyclic) bond motifs is 1. The van der Waals surface area contributed by atoms with Crippen molar-refractivity contribution in [3.63, 3.8) is 0 Å². The average molecular weight is 327 g/mol. The molecule has 4 rings (SSSR count). The van der Waals surface area contributed by atoms with Crippen LogP contribution in [0.4, 0.5) is 0 Å². The van der Waals surface area contributed by atoms with Crippen molar-refractivity contribution in [2.75, 3.05) is 19.8 Å². The highest BCUT2D eigenvalue weighted by Crippen LogP contribution is 2.34. The molecule has 126 valence electrons. The third-order valence-electron chi connectivity index (χ3n) is 4.64. The molecule has 3 heterocycles. The normalized spacial score (nSPS) is 19.5. The van der Waals surface area contributed by atoms with Crippen molar-refractivity contribution < 1.29 is 14.3 Å². The molecule has 2 aromatic rings. The number of likely N-dealkylation sites (tertiary alicyclic amines) is 1. The van der Waals surface area contributed by atoms with Gasteiger partial charge in [-0.05, 0) is 30.5 Å². The number of carbonyl (C=O) groups is 1. The summed E-state index contributed by atoms with van der Waals surface area (Å²) in [6.07, 6.45) is 6.28. The Morgan fingerprint density at radius 2 is 2.12 bits per heavy atom. The number of hydrogen-bond donors (Lipinski definition) is 0. The average Bonchev–Trinajstić information content (AvgIpc) is 3.23. The zero-order valence-corrected chi connectivity index (χ0v) is 13.8. The fraction of sp³-hybridized carbons (Fsp3) is 0.444. The lowest BCUT2D eigenvalue weighted by Crippen LogP contribution is -2.31. The van der Waals surface area contributed by atoms with Gasteiger partial charge in [0.25, 0.3) is 0 Å². The van der Waals surface area contributed by atoms with Crippen LogP contribution in [0.15, 0.2) is 30.6 Å². The number of aromatic nitrogens is 2. The van der Waals surface area contributed by atoms with E-state index < -0.39 is 0 Å². The number of hydrogen-bond acceptors (Lipinski definition) is 4. The van der Waals surface area contributed by atoms with Crippen molar-refractivity contribution in [1.29, 1.82) is 0 Å². The first-order chi connectivity index (χ1) is 11.7. The van der Waals surface area contributed by atoms with Gasteiger partial charge in [0.2, 0.25) is 5.91 Å². The van der Waals surface area contributed by atoms with Crippen LogP contribution < -0.4 is 9.47 Å². The maximum Gasteiger partial charge on any atom is 0.227 e. The minimum atomic E-state index is 0.142. The molecule has 0 N–H and O–H groups in total. The standard InChI is InChI=1S/C18H21N3O3/c1-20-12-14(11-19-20)15-3-2-6-21(15)18(22)10-13-4-5-16-17(9-13)24-8-7-23-16/h4-5,9,11-12,15H,2-3,6-8,10H2,1H3/t15-/m1/s1. The van der Waals surface area contributed by atoms with E-state index in [0.717, 1.165) is 42.0 Å². The minimum Gasteiger partial charge on any atom is -0.486 e. The Bertz CT molecular complexity index is 756. The van der Waals surface area contributed by atoms with E-state index >= 15 is 0 Å². The van der Waals surface area contributed by atoms with Gasteiger partial charge in [-0.15, -0.1) is 0 Å². The van der Waals surface area contributed by atoms with Crippen LogP contribution in [0.2, 0.25) is 0 Å². The van der Waals surface area contributed by atoms with Crippen molar-refractivity contribution in [3.8, 4) is 11.5 Å². The molecule has 1 saturated heterocycles. The summed E-state index contributed by atoms with van der Waals surface area (Å²) in [5.41, 5.74) is 2.08. The van der Waals surface area contributed by atoms with Gasteiger partial charge < -0.3 is 14.4 Å². The van der Waals surface area contributed by atoms with Crippen molar-refractivity contribution in [1.82, 2.24) is 14.7 Å². The summed E-state index contributed by atoms with van der Waals surface area (Å²) in [5.74, 6) is 1.64. The molecule has 6 heteroatoms. The van der Waals surface area contributed by atoms with Crippen LogP contribution in [-0.4, -0.2) is 40.3 Å². The van der Waals surface area contributed by atoms with Gasteiger partial charge in [0.05, 0.1) is 18.7 Å². The molecule has 1 amide bonds. The second-order valence-electron chi connectivity index (χ2n) is 6.35. The maximum atomic E-state index is 12.8. The number of aryl methyl sites for hydroxylation is 1. The Balaban J connectivity index is 1.49. The highest BCUT2D eigenvalue weighted by molar-refractivity contribution is 5.79. The fourth-order valence-corrected chi connectivity index (χ4v) is 3.50. The highest BCUT2D eigenvalue weighted by atomic mass is 16.6. The summed E-state index contributed by atoms with van der Waals surface area (Å²) < 4.78 is 12.9. The predicted octanol–water partition coefficient (Wildman–Crippen LogP) is 2.10. The molecule has 2 aliphatic rings. The largest absolute Gasteiger partial charge is 0.486 e. The van der Waals surface area contributed by atoms with Crippen LogP contribution in [0.25, 0.3) is 0 Å². The van der Waals surface area contributed by atoms with Gasteiger partial charge in [-0.25, -0.2) is 0 Å². The molecule has 2 aliphatic heterocycles. The van der Waals surface area contributed by atoms with Crippen LogP contribution in [0.1, 0.15) is 30.0 Å². The van der Waals surface area contributed by atoms with E-state index in [0.29, 0.717) is 19.6 Å². The van der Waals surface area contributed by atoms with Crippen LogP contribution in [0.3, 0.4) is 0 Å². The van der Waals surface area contributed by atoms with E-state index in [1.165, 1.54) is 0 Å². The molecule has 24 heavy (non-hydrogen) atoms. The molecule has 1 aromatic heterocycles. The number of amides is 1. The molecule has 0 aliphatic carbocycles. The van der Waals surface area contributed by atoms with Gasteiger partial charge >= 0.3 is 0 Å². The molecule has 0 spiro atoms. The third kappa shape index (κ3) is 2.84. The first-order valence-electron chi connectivity index (χ1n) is 8.37. The SMILES string of the molecule is Cn1cc([C@H]2CCCN2C(=O)Cc2ccc3c(c2)OCCO3)cn1. The van der Waals surface area contributed by atoms with E-state index in [-0.39, 0.29) is 11.9 Å². The minimum absolute atomic E-state index is 0.142. The van der Waals surface area contributed by atoms with Crippen LogP contribution >= 0.6 is 0 Å². The molecule has 1 atom stereocenters. The number of nitrogens with zero attached hydrogens (tertiary/aromatic N) is 3. The summed E-state index contributed by atoms with van der Waals surface area (Å²) in [7, 11) is 1.90. The van der Waals surface area contributed by atoms with E-state index in [9.17, 15) is 4.79 Å². The third-order valence-corrected chi connectivity index (χ3v) is 4.64. The Kier molecular flexibility index (Phi) is 3.88. The predicted molar refractivity (Wildman–Crippen MR) is 88.0 cm³/mol. The zero-order valence-electron chi connectivity index (χ0n) is 13.8. The Labute approximate surface area is 141 Å². The summed E-state index contributed by atoms with van der Waals surface area (Å²) in [5, 5.41) is 4.24. The number of ether oxygens (including phenoxy) is 2. The number of carbonyl (C=O) groups excluding carboxylic acids is 1. The lowest BCUT2D eigenvalue weighted by atomic mass is 10.1. The Morgan fingerprint density at radius 3 is 2.92 bits per heavy atom. The molecular weight excluding hydrogens is 306 g/mol. The lowest BCUT2D eigenvalue weighted by molar-refractivity contribution is -0.131. The van der Waals surface area contributed by atoms with E-state index in [4.69, 9.17) is 9.47 Å². The molecule has 0 bridgehead atoms. The number of rotatable bonds is 3. The Hall–Kier alpha value is -2.50. The molecule has 1 aromatic carbocycles. The van der Waals surface area contributed by atoms with E-state index in [2.05, 4.69) is 5.10 Å². The summed E-state index contributed by atoms with van der Waals surface area (Å²) in [6.45, 7) is 1.94. The van der Waals surface area contributed by atoms with Gasteiger partial charge in [0.1, 0.15) is 13.2 Å². The monoisotopic (exact) mass is 327 g/mol. The molecule has 0 radical (unpaired) electrons. The van der Waals surface area contributed by atoms with Gasteiger partial charge in [0, 0.05) is 25.4 Å². The Morgan fingerprint density at radius 1 is 1.29 bits per heavy atom. The molecule has 6 nitrogen and oxygen atoms in total. The lowest BCUT2D eigenvalue weighted by Gasteiger charge is -2.24. The van der Waals surface area contributed by atoms with Gasteiger partial charge in [-0.3, -0.25) is 9.48 Å². The van der Waals surface area contributed by atoms with Crippen molar-refractivity contribution in [3.05, 3.63) is 41.7 Å². The first-order valence-corrected chi connectivity index (χ1v) is 8.37. The second-order valence-corrected chi connectivity index (χ2v) is 6.35. The summed E-state index contributed by atoms with van der Waals surface area (Å²) in [6, 6.07) is 5.89. The summed E-state index contributed by atoms with van der Waals surface area (Å²) in [4.78, 5) is 14.8. The topological polar surface area (TPSA) is 56.6 Å². The molecule has 0 unspecified atom stereocenters. The molecule has 0 saturated carbocycles. The van der Waals surface area contributed by atoms with Crippen LogP contribution in [-0.2, 0) is 18.3 Å². The van der Waals surface area contributed by atoms with Gasteiger partial charge in [-0.2, -0.15) is 5.10 Å². The number of benzene rings is 1. The maximum absolute atomic E-state index is 12.8. The smallest absolute Gasteiger partial charge is 0.227 e. The highest BCUT2D eigenvalue weighted by Gasteiger charge is 2.30. The van der Waals surface area contributed by atoms with E-state index in [1.54, 1.807) is 4.68 Å². The summed E-state index contributed by atoms with van der Waals surface area (Å²) >= 11 is 0. The van der Waals surface area contributed by atoms with E-state index in [1.807, 2.05) is 42.5 Å². The molecule has 1 fully saturated rings. The first kappa shape index (κ1) is 15.1. The van der Waals surface area contributed by atoms with Crippen molar-refractivity contribution >= 4 is 5.91 Å². The second kappa shape index (κ2) is 6.19. The van der Waals surface area contributed by atoms with Crippen LogP contribution in [0.5, 0.6) is 11.5 Å². The van der Waals surface area contributed by atoms with Crippen LogP contribution in [0, 0.1) is 0 Å². The quantitative estimate of drug-likeness (QED) is 0.866. The zero-order chi connectivity index (χ0) is 16.5. The fourth-order valence-electron chi connectivity index (χ4n) is 3.50. The van der Waals surface area contributed by atoms with Gasteiger partial charge in [0.15, 0.2) is 11.5 Å². The van der Waals surface area contributed by atoms with Crippen molar-refractivity contribution in [2.24, 2.45) is 7.05 Å². The van der Waals surface area contributed by atoms with Gasteiger partial charge in [-0.1, -0.05) is 6.07 Å².